The highest BCUT2D eigenvalue weighted by atomic mass is 79.9. The number of halogens is 1. The van der Waals surface area contributed by atoms with Crippen LogP contribution in [0.25, 0.3) is 0 Å². The van der Waals surface area contributed by atoms with E-state index in [4.69, 9.17) is 0 Å². The van der Waals surface area contributed by atoms with E-state index in [-0.39, 0.29) is 0 Å². The first kappa shape index (κ1) is 11.2. The predicted molar refractivity (Wildman–Crippen MR) is 69.9 cm³/mol. The van der Waals surface area contributed by atoms with Crippen molar-refractivity contribution in [2.45, 2.75) is 49.8 Å². The Labute approximate surface area is 108 Å². The van der Waals surface area contributed by atoms with E-state index in [0.29, 0.717) is 12.1 Å². The second kappa shape index (κ2) is 4.09. The van der Waals surface area contributed by atoms with E-state index in [1.807, 2.05) is 0 Å². The lowest BCUT2D eigenvalue weighted by Gasteiger charge is -2.37. The molecule has 0 aromatic carbocycles. The van der Waals surface area contributed by atoms with Gasteiger partial charge in [0.05, 0.1) is 5.60 Å². The molecule has 2 aliphatic heterocycles. The highest BCUT2D eigenvalue weighted by Gasteiger charge is 2.42. The van der Waals surface area contributed by atoms with Gasteiger partial charge in [-0.1, -0.05) is 0 Å². The number of thiophene rings is 1. The average molecular weight is 302 g/mol. The van der Waals surface area contributed by atoms with Crippen molar-refractivity contribution in [3.05, 3.63) is 20.8 Å². The van der Waals surface area contributed by atoms with Crippen LogP contribution in [0.15, 0.2) is 15.9 Å². The minimum absolute atomic E-state index is 0.482. The average Bonchev–Trinajstić information content (AvgIpc) is 2.74. The standard InChI is InChI=1S/C12H16BrNOS/c13-10-3-4-16-11(10)7-12(15)5-8-1-2-9(6-12)14-8/h3-4,8-9,14-15H,1-2,5-7H2. The zero-order valence-corrected chi connectivity index (χ0v) is 11.5. The summed E-state index contributed by atoms with van der Waals surface area (Å²) in [6, 6.07) is 3.16. The Kier molecular flexibility index (Phi) is 2.86. The maximum absolute atomic E-state index is 10.7. The van der Waals surface area contributed by atoms with Crippen LogP contribution < -0.4 is 5.32 Å². The highest BCUT2D eigenvalue weighted by molar-refractivity contribution is 9.10. The predicted octanol–water partition coefficient (Wildman–Crippen LogP) is 2.70. The summed E-state index contributed by atoms with van der Waals surface area (Å²) in [6.07, 6.45) is 5.10. The lowest BCUT2D eigenvalue weighted by atomic mass is 9.84. The maximum Gasteiger partial charge on any atom is 0.0725 e. The van der Waals surface area contributed by atoms with Crippen molar-refractivity contribution in [3.63, 3.8) is 0 Å². The molecule has 0 spiro atoms. The van der Waals surface area contributed by atoms with Gasteiger partial charge in [-0.15, -0.1) is 11.3 Å². The van der Waals surface area contributed by atoms with Crippen molar-refractivity contribution in [2.75, 3.05) is 0 Å². The van der Waals surface area contributed by atoms with Gasteiger partial charge >= 0.3 is 0 Å². The Morgan fingerprint density at radius 2 is 2.12 bits per heavy atom. The van der Waals surface area contributed by atoms with E-state index in [1.54, 1.807) is 11.3 Å². The van der Waals surface area contributed by atoms with Gasteiger partial charge in [0.1, 0.15) is 0 Å². The summed E-state index contributed by atoms with van der Waals surface area (Å²) in [5, 5.41) is 16.3. The van der Waals surface area contributed by atoms with E-state index >= 15 is 0 Å². The summed E-state index contributed by atoms with van der Waals surface area (Å²) in [7, 11) is 0. The van der Waals surface area contributed by atoms with Crippen molar-refractivity contribution in [3.8, 4) is 0 Å². The SMILES string of the molecule is OC1(Cc2sccc2Br)CC2CCC(C1)N2. The summed E-state index contributed by atoms with van der Waals surface area (Å²) in [5.41, 5.74) is -0.482. The highest BCUT2D eigenvalue weighted by Crippen LogP contribution is 2.38. The molecule has 4 heteroatoms. The van der Waals surface area contributed by atoms with Gasteiger partial charge in [0, 0.05) is 27.9 Å². The molecule has 0 saturated carbocycles. The monoisotopic (exact) mass is 301 g/mol. The van der Waals surface area contributed by atoms with Crippen LogP contribution in [0, 0.1) is 0 Å². The number of hydrogen-bond donors (Lipinski definition) is 2. The van der Waals surface area contributed by atoms with Gasteiger partial charge in [-0.3, -0.25) is 0 Å². The third-order valence-corrected chi connectivity index (χ3v) is 5.69. The molecule has 0 radical (unpaired) electrons. The van der Waals surface area contributed by atoms with E-state index in [1.165, 1.54) is 17.7 Å². The molecule has 2 N–H and O–H groups in total. The van der Waals surface area contributed by atoms with Crippen LogP contribution in [0.3, 0.4) is 0 Å². The first-order valence-corrected chi connectivity index (χ1v) is 7.52. The molecule has 2 nitrogen and oxygen atoms in total. The van der Waals surface area contributed by atoms with Crippen LogP contribution in [0.2, 0.25) is 0 Å². The summed E-state index contributed by atoms with van der Waals surface area (Å²) >= 11 is 5.28. The molecule has 2 saturated heterocycles. The number of nitrogens with one attached hydrogen (secondary N) is 1. The van der Waals surface area contributed by atoms with Crippen molar-refractivity contribution in [1.82, 2.24) is 5.32 Å². The van der Waals surface area contributed by atoms with Crippen molar-refractivity contribution < 1.29 is 5.11 Å². The largest absolute Gasteiger partial charge is 0.389 e. The molecular weight excluding hydrogens is 286 g/mol. The molecule has 3 rings (SSSR count). The van der Waals surface area contributed by atoms with E-state index in [2.05, 4.69) is 32.7 Å². The maximum atomic E-state index is 10.7. The molecule has 3 heterocycles. The summed E-state index contributed by atoms with van der Waals surface area (Å²) in [5.74, 6) is 0. The molecule has 2 atom stereocenters. The van der Waals surface area contributed by atoms with Crippen molar-refractivity contribution in [1.29, 1.82) is 0 Å². The normalized spacial score (nSPS) is 37.9. The Morgan fingerprint density at radius 3 is 2.69 bits per heavy atom. The van der Waals surface area contributed by atoms with Crippen LogP contribution >= 0.6 is 27.3 Å². The second-order valence-corrected chi connectivity index (χ2v) is 6.99. The molecule has 1 aromatic rings. The number of aliphatic hydroxyl groups is 1. The van der Waals surface area contributed by atoms with Crippen LogP contribution in [-0.4, -0.2) is 22.8 Å². The van der Waals surface area contributed by atoms with Gasteiger partial charge < -0.3 is 10.4 Å². The zero-order chi connectivity index (χ0) is 11.2. The first-order valence-electron chi connectivity index (χ1n) is 5.85. The first-order chi connectivity index (χ1) is 7.65. The Hall–Kier alpha value is 0.1000. The van der Waals surface area contributed by atoms with E-state index in [9.17, 15) is 5.11 Å². The smallest absolute Gasteiger partial charge is 0.0725 e. The number of piperidine rings is 1. The molecule has 16 heavy (non-hydrogen) atoms. The van der Waals surface area contributed by atoms with Crippen LogP contribution in [0.5, 0.6) is 0 Å². The molecule has 2 aliphatic rings. The Bertz CT molecular complexity index is 380. The zero-order valence-electron chi connectivity index (χ0n) is 9.08. The molecule has 2 fully saturated rings. The fourth-order valence-corrected chi connectivity index (χ4v) is 4.75. The summed E-state index contributed by atoms with van der Waals surface area (Å²) in [6.45, 7) is 0. The topological polar surface area (TPSA) is 32.3 Å². The molecule has 0 amide bonds. The van der Waals surface area contributed by atoms with Crippen LogP contribution in [0.1, 0.15) is 30.6 Å². The number of fused-ring (bicyclic) bond motifs is 2. The second-order valence-electron chi connectivity index (χ2n) is 5.14. The van der Waals surface area contributed by atoms with Gasteiger partial charge in [-0.2, -0.15) is 0 Å². The van der Waals surface area contributed by atoms with Gasteiger partial charge in [0.2, 0.25) is 0 Å². The number of hydrogen-bond acceptors (Lipinski definition) is 3. The van der Waals surface area contributed by atoms with Gasteiger partial charge in [-0.05, 0) is 53.1 Å². The van der Waals surface area contributed by atoms with Gasteiger partial charge in [0.25, 0.3) is 0 Å². The molecule has 2 unspecified atom stereocenters. The molecule has 2 bridgehead atoms. The third-order valence-electron chi connectivity index (χ3n) is 3.77. The van der Waals surface area contributed by atoms with Crippen LogP contribution in [0.4, 0.5) is 0 Å². The minimum atomic E-state index is -0.482. The number of rotatable bonds is 2. The van der Waals surface area contributed by atoms with Crippen molar-refractivity contribution in [2.24, 2.45) is 0 Å². The molecule has 0 aliphatic carbocycles. The molecule has 88 valence electrons. The Morgan fingerprint density at radius 1 is 1.44 bits per heavy atom. The van der Waals surface area contributed by atoms with Crippen LogP contribution in [-0.2, 0) is 6.42 Å². The van der Waals surface area contributed by atoms with E-state index in [0.717, 1.165) is 23.7 Å². The fraction of sp³-hybridized carbons (Fsp3) is 0.667. The van der Waals surface area contributed by atoms with Crippen molar-refractivity contribution >= 4 is 27.3 Å². The minimum Gasteiger partial charge on any atom is -0.389 e. The lowest BCUT2D eigenvalue weighted by Crippen LogP contribution is -2.49. The fourth-order valence-electron chi connectivity index (χ4n) is 3.12. The lowest BCUT2D eigenvalue weighted by molar-refractivity contribution is -0.00554. The molecule has 1 aromatic heterocycles. The molecular formula is C12H16BrNOS. The van der Waals surface area contributed by atoms with E-state index < -0.39 is 5.60 Å². The summed E-state index contributed by atoms with van der Waals surface area (Å²) in [4.78, 5) is 1.28. The van der Waals surface area contributed by atoms with Gasteiger partial charge in [0.15, 0.2) is 0 Å². The quantitative estimate of drug-likeness (QED) is 0.880. The summed E-state index contributed by atoms with van der Waals surface area (Å²) < 4.78 is 1.15. The Balaban J connectivity index is 1.76. The third kappa shape index (κ3) is 2.08. The van der Waals surface area contributed by atoms with Gasteiger partial charge in [-0.25, -0.2) is 0 Å².